The number of nitrogens with zero attached hydrogens (tertiary/aromatic N) is 4. The molecule has 4 rings (SSSR count). The van der Waals surface area contributed by atoms with Gasteiger partial charge in [-0.25, -0.2) is 9.97 Å². The van der Waals surface area contributed by atoms with Crippen LogP contribution in [-0.4, -0.2) is 62.3 Å². The number of carbonyl (C=O) groups is 1. The summed E-state index contributed by atoms with van der Waals surface area (Å²) in [6, 6.07) is 8.75. The zero-order valence-electron chi connectivity index (χ0n) is 19.4. The van der Waals surface area contributed by atoms with Crippen LogP contribution < -0.4 is 10.0 Å². The average Bonchev–Trinajstić information content (AvgIpc) is 3.48. The summed E-state index contributed by atoms with van der Waals surface area (Å²) < 4.78 is 34.5. The Morgan fingerprint density at radius 1 is 1.33 bits per heavy atom. The molecule has 1 aromatic carbocycles. The van der Waals surface area contributed by atoms with Gasteiger partial charge in [-0.2, -0.15) is 18.2 Å². The monoisotopic (exact) mass is 510 g/mol. The highest BCUT2D eigenvalue weighted by molar-refractivity contribution is 7.83. The van der Waals surface area contributed by atoms with Crippen LogP contribution in [0.2, 0.25) is 0 Å². The van der Waals surface area contributed by atoms with Gasteiger partial charge < -0.3 is 10.4 Å². The van der Waals surface area contributed by atoms with E-state index in [1.807, 2.05) is 35.9 Å². The molecular formula is C24H26N6O5S. The van der Waals surface area contributed by atoms with Crippen molar-refractivity contribution in [2.24, 2.45) is 5.92 Å². The van der Waals surface area contributed by atoms with Gasteiger partial charge in [-0.3, -0.25) is 14.0 Å². The molecule has 0 amide bonds. The number of ketones is 1. The van der Waals surface area contributed by atoms with E-state index in [1.54, 1.807) is 16.9 Å². The molecule has 1 aliphatic rings. The van der Waals surface area contributed by atoms with Crippen LogP contribution in [0, 0.1) is 18.3 Å². The highest BCUT2D eigenvalue weighted by Gasteiger charge is 2.34. The SMILES string of the molecule is C#Cc1cccc([C@@H](C)n2ccc(C(=O)c3cncnc3N[C@@H]3C[C@H](CNS(=O)(=O)O)[C@@H](O)C3)n2)c1. The van der Waals surface area contributed by atoms with Crippen LogP contribution in [-0.2, 0) is 10.3 Å². The van der Waals surface area contributed by atoms with Crippen molar-refractivity contribution in [3.63, 3.8) is 0 Å². The van der Waals surface area contributed by atoms with E-state index in [4.69, 9.17) is 11.0 Å². The van der Waals surface area contributed by atoms with Gasteiger partial charge in [0.2, 0.25) is 5.78 Å². The molecule has 36 heavy (non-hydrogen) atoms. The Labute approximate surface area is 208 Å². The Kier molecular flexibility index (Phi) is 7.46. The van der Waals surface area contributed by atoms with E-state index in [0.717, 1.165) is 11.1 Å². The fraction of sp³-hybridized carbons (Fsp3) is 0.333. The molecule has 188 valence electrons. The van der Waals surface area contributed by atoms with E-state index in [0.29, 0.717) is 18.7 Å². The number of aliphatic hydroxyl groups excluding tert-OH is 1. The first-order valence-corrected chi connectivity index (χ1v) is 12.7. The number of anilines is 1. The third-order valence-corrected chi connectivity index (χ3v) is 6.79. The molecule has 2 heterocycles. The molecule has 0 saturated heterocycles. The number of benzene rings is 1. The van der Waals surface area contributed by atoms with E-state index in [-0.39, 0.29) is 35.7 Å². The standard InChI is InChI=1S/C24H26N6O5S/c1-3-16-5-4-6-17(9-16)15(2)30-8-7-21(29-30)23(32)20-13-25-14-26-24(20)28-19-10-18(22(31)11-19)12-27-36(33,34)35/h1,4-9,13-15,18-19,22,27,31H,10-12H2,2H3,(H,25,26,28)(H,33,34,35)/t15-,18-,19-,22+/m1/s1. The molecule has 0 unspecified atom stereocenters. The van der Waals surface area contributed by atoms with Gasteiger partial charge in [-0.05, 0) is 43.5 Å². The molecule has 4 atom stereocenters. The Morgan fingerprint density at radius 2 is 2.14 bits per heavy atom. The minimum Gasteiger partial charge on any atom is -0.393 e. The van der Waals surface area contributed by atoms with E-state index < -0.39 is 22.3 Å². The third kappa shape index (κ3) is 5.95. The predicted molar refractivity (Wildman–Crippen MR) is 132 cm³/mol. The maximum atomic E-state index is 13.3. The lowest BCUT2D eigenvalue weighted by atomic mass is 10.1. The molecule has 2 aromatic heterocycles. The summed E-state index contributed by atoms with van der Waals surface area (Å²) in [6.07, 6.45) is 9.86. The number of hydrogen-bond acceptors (Lipinski definition) is 8. The van der Waals surface area contributed by atoms with Crippen molar-refractivity contribution >= 4 is 21.9 Å². The summed E-state index contributed by atoms with van der Waals surface area (Å²) in [7, 11) is -4.35. The summed E-state index contributed by atoms with van der Waals surface area (Å²) >= 11 is 0. The maximum Gasteiger partial charge on any atom is 0.333 e. The fourth-order valence-electron chi connectivity index (χ4n) is 4.31. The number of terminal acetylenes is 1. The van der Waals surface area contributed by atoms with Gasteiger partial charge in [0, 0.05) is 36.5 Å². The second-order valence-corrected chi connectivity index (χ2v) is 9.94. The second-order valence-electron chi connectivity index (χ2n) is 8.70. The normalized spacial score (nSPS) is 20.6. The number of hydrogen-bond donors (Lipinski definition) is 4. The van der Waals surface area contributed by atoms with Gasteiger partial charge in [-0.15, -0.1) is 6.42 Å². The number of aliphatic hydroxyl groups is 1. The summed E-state index contributed by atoms with van der Waals surface area (Å²) in [5.74, 6) is 2.13. The molecule has 12 heteroatoms. The third-order valence-electron chi connectivity index (χ3n) is 6.26. The molecule has 0 spiro atoms. The Hall–Kier alpha value is -3.63. The Morgan fingerprint density at radius 3 is 2.89 bits per heavy atom. The largest absolute Gasteiger partial charge is 0.393 e. The van der Waals surface area contributed by atoms with Crippen LogP contribution in [0.3, 0.4) is 0 Å². The number of nitrogens with one attached hydrogen (secondary N) is 2. The van der Waals surface area contributed by atoms with Crippen LogP contribution in [0.4, 0.5) is 5.82 Å². The lowest BCUT2D eigenvalue weighted by Gasteiger charge is -2.15. The smallest absolute Gasteiger partial charge is 0.333 e. The van der Waals surface area contributed by atoms with Gasteiger partial charge in [0.05, 0.1) is 17.7 Å². The van der Waals surface area contributed by atoms with Crippen LogP contribution in [0.15, 0.2) is 49.1 Å². The number of rotatable bonds is 9. The van der Waals surface area contributed by atoms with Gasteiger partial charge in [0.15, 0.2) is 0 Å². The zero-order chi connectivity index (χ0) is 25.9. The van der Waals surface area contributed by atoms with Crippen LogP contribution in [0.5, 0.6) is 0 Å². The summed E-state index contributed by atoms with van der Waals surface area (Å²) in [5.41, 5.74) is 2.15. The maximum absolute atomic E-state index is 13.3. The molecule has 3 aromatic rings. The Balaban J connectivity index is 1.48. The highest BCUT2D eigenvalue weighted by atomic mass is 32.2. The minimum atomic E-state index is -4.35. The first kappa shape index (κ1) is 25.5. The van der Waals surface area contributed by atoms with Crippen molar-refractivity contribution in [2.75, 3.05) is 11.9 Å². The quantitative estimate of drug-likeness (QED) is 0.190. The molecule has 1 aliphatic carbocycles. The molecule has 0 bridgehead atoms. The molecule has 0 radical (unpaired) electrons. The van der Waals surface area contributed by atoms with Gasteiger partial charge in [-0.1, -0.05) is 18.1 Å². The fourth-order valence-corrected chi connectivity index (χ4v) is 4.73. The summed E-state index contributed by atoms with van der Waals surface area (Å²) in [5, 5.41) is 17.9. The van der Waals surface area contributed by atoms with Crippen molar-refractivity contribution in [3.8, 4) is 12.3 Å². The molecule has 0 aliphatic heterocycles. The topological polar surface area (TPSA) is 159 Å². The molecule has 1 fully saturated rings. The van der Waals surface area contributed by atoms with Crippen molar-refractivity contribution < 1.29 is 22.9 Å². The predicted octanol–water partition coefficient (Wildman–Crippen LogP) is 1.44. The number of aromatic nitrogens is 4. The van der Waals surface area contributed by atoms with Crippen molar-refractivity contribution in [2.45, 2.75) is 38.0 Å². The van der Waals surface area contributed by atoms with Crippen LogP contribution in [0.25, 0.3) is 0 Å². The van der Waals surface area contributed by atoms with Crippen molar-refractivity contribution in [1.82, 2.24) is 24.5 Å². The van der Waals surface area contributed by atoms with Gasteiger partial charge in [0.1, 0.15) is 17.8 Å². The zero-order valence-corrected chi connectivity index (χ0v) is 20.3. The molecule has 1 saturated carbocycles. The minimum absolute atomic E-state index is 0.104. The van der Waals surface area contributed by atoms with Crippen molar-refractivity contribution in [1.29, 1.82) is 0 Å². The van der Waals surface area contributed by atoms with Gasteiger partial charge >= 0.3 is 10.3 Å². The van der Waals surface area contributed by atoms with E-state index >= 15 is 0 Å². The van der Waals surface area contributed by atoms with Gasteiger partial charge in [0.25, 0.3) is 0 Å². The molecule has 4 N–H and O–H groups in total. The lowest BCUT2D eigenvalue weighted by Crippen LogP contribution is -2.32. The Bertz CT molecular complexity index is 1400. The summed E-state index contributed by atoms with van der Waals surface area (Å²) in [4.78, 5) is 21.5. The second kappa shape index (κ2) is 10.5. The molecular weight excluding hydrogens is 484 g/mol. The van der Waals surface area contributed by atoms with Crippen LogP contribution in [0.1, 0.15) is 53.0 Å². The highest BCUT2D eigenvalue weighted by Crippen LogP contribution is 2.29. The first-order valence-electron chi connectivity index (χ1n) is 11.3. The van der Waals surface area contributed by atoms with E-state index in [1.165, 1.54) is 12.5 Å². The number of carbonyl (C=O) groups excluding carboxylic acids is 1. The summed E-state index contributed by atoms with van der Waals surface area (Å²) in [6.45, 7) is 1.85. The van der Waals surface area contributed by atoms with E-state index in [9.17, 15) is 18.3 Å². The van der Waals surface area contributed by atoms with E-state index in [2.05, 4.69) is 26.3 Å². The molecule has 11 nitrogen and oxygen atoms in total. The first-order chi connectivity index (χ1) is 17.1. The van der Waals surface area contributed by atoms with Crippen LogP contribution >= 0.6 is 0 Å². The lowest BCUT2D eigenvalue weighted by molar-refractivity contribution is 0.103. The van der Waals surface area contributed by atoms with Crippen molar-refractivity contribution in [3.05, 3.63) is 71.4 Å². The average molecular weight is 511 g/mol.